The number of alkyl halides is 1. The number of aromatic nitrogens is 7. The number of pyridine rings is 1. The van der Waals surface area contributed by atoms with E-state index in [0.29, 0.717) is 30.0 Å². The van der Waals surface area contributed by atoms with Gasteiger partial charge in [-0.1, -0.05) is 24.3 Å². The summed E-state index contributed by atoms with van der Waals surface area (Å²) < 4.78 is 19.4. The molecule has 2 aromatic carbocycles. The van der Waals surface area contributed by atoms with E-state index in [1.54, 1.807) is 38.5 Å². The molecule has 1 aliphatic carbocycles. The van der Waals surface area contributed by atoms with Crippen molar-refractivity contribution >= 4 is 27.8 Å². The third-order valence-corrected chi connectivity index (χ3v) is 9.32. The van der Waals surface area contributed by atoms with E-state index in [2.05, 4.69) is 28.8 Å². The van der Waals surface area contributed by atoms with E-state index in [0.717, 1.165) is 63.1 Å². The van der Waals surface area contributed by atoms with Crippen LogP contribution in [0.25, 0.3) is 44.6 Å². The van der Waals surface area contributed by atoms with Crippen LogP contribution in [0.3, 0.4) is 0 Å². The molecule has 1 saturated heterocycles. The Labute approximate surface area is 265 Å². The van der Waals surface area contributed by atoms with Gasteiger partial charge < -0.3 is 14.6 Å². The molecule has 0 spiro atoms. The number of aliphatic hydroxyl groups excluding tert-OH is 1. The summed E-state index contributed by atoms with van der Waals surface area (Å²) in [6.45, 7) is 2.82. The van der Waals surface area contributed by atoms with Crippen LogP contribution < -0.4 is 0 Å². The monoisotopic (exact) mass is 618 g/mol. The van der Waals surface area contributed by atoms with Crippen molar-refractivity contribution in [1.82, 2.24) is 39.0 Å². The number of rotatable bonds is 7. The first kappa shape index (κ1) is 28.6. The number of benzene rings is 2. The van der Waals surface area contributed by atoms with E-state index in [9.17, 15) is 14.3 Å². The van der Waals surface area contributed by atoms with Crippen LogP contribution in [-0.4, -0.2) is 69.3 Å². The van der Waals surface area contributed by atoms with Gasteiger partial charge in [-0.25, -0.2) is 14.4 Å². The topological polar surface area (TPSA) is 107 Å². The zero-order chi connectivity index (χ0) is 31.7. The van der Waals surface area contributed by atoms with Gasteiger partial charge in [0.25, 0.3) is 5.91 Å². The Hall–Kier alpha value is -4.90. The van der Waals surface area contributed by atoms with Crippen LogP contribution in [0.1, 0.15) is 58.6 Å². The third-order valence-electron chi connectivity index (χ3n) is 9.32. The standard InChI is InChI=1S/C35H35FN8O2/c1-20-27(15-24-16-41(2)40-33(24)37-20)34-38-31(32(42(34)3)22-9-10-22)26-5-4-6-29-28(26)18-44(39-29)19-30(45)21-7-11-23(12-8-21)35(46)43-14-13-25(36)17-43/h4-8,11-12,15-16,18,22,25,30,45H,9-10,13-14,17,19H2,1-3H3/t25?,30-/m0/s1. The minimum Gasteiger partial charge on any atom is -0.386 e. The van der Waals surface area contributed by atoms with Gasteiger partial charge in [-0.3, -0.25) is 14.2 Å². The number of carbonyl (C=O) groups excluding carboxylic acids is 1. The highest BCUT2D eigenvalue weighted by molar-refractivity contribution is 5.95. The molecule has 1 unspecified atom stereocenters. The summed E-state index contributed by atoms with van der Waals surface area (Å²) in [7, 11) is 3.99. The number of aliphatic hydroxyl groups is 1. The zero-order valence-electron chi connectivity index (χ0n) is 26.1. The number of hydrogen-bond acceptors (Lipinski definition) is 6. The number of aryl methyl sites for hydroxylation is 2. The van der Waals surface area contributed by atoms with Gasteiger partial charge in [0.15, 0.2) is 5.65 Å². The molecular formula is C35H35FN8O2. The van der Waals surface area contributed by atoms with Crippen molar-refractivity contribution in [2.75, 3.05) is 13.1 Å². The largest absolute Gasteiger partial charge is 0.386 e. The lowest BCUT2D eigenvalue weighted by Gasteiger charge is -2.16. The first-order chi connectivity index (χ1) is 22.2. The average Bonchev–Trinajstić information content (AvgIpc) is 3.31. The van der Waals surface area contributed by atoms with Crippen LogP contribution in [0.2, 0.25) is 0 Å². The molecule has 234 valence electrons. The molecule has 2 atom stereocenters. The molecular weight excluding hydrogens is 583 g/mol. The molecule has 8 rings (SSSR count). The highest BCUT2D eigenvalue weighted by Crippen LogP contribution is 2.47. The highest BCUT2D eigenvalue weighted by atomic mass is 19.1. The number of hydrogen-bond donors (Lipinski definition) is 1. The van der Waals surface area contributed by atoms with E-state index in [1.807, 2.05) is 38.5 Å². The molecule has 11 heteroatoms. The van der Waals surface area contributed by atoms with Crippen LogP contribution >= 0.6 is 0 Å². The SMILES string of the molecule is Cc1nc2nn(C)cc2cc1-c1nc(-c2cccc3nn(C[C@H](O)c4ccc(C(=O)N5CCC(F)C5)cc4)cc23)c(C2CC2)n1C. The summed E-state index contributed by atoms with van der Waals surface area (Å²) in [4.78, 5) is 24.3. The molecule has 1 aliphatic heterocycles. The van der Waals surface area contributed by atoms with Crippen LogP contribution in [0, 0.1) is 6.92 Å². The quantitative estimate of drug-likeness (QED) is 0.254. The number of nitrogens with zero attached hydrogens (tertiary/aromatic N) is 8. The number of halogens is 1. The second-order valence-electron chi connectivity index (χ2n) is 12.7. The molecule has 5 heterocycles. The van der Waals surface area contributed by atoms with Gasteiger partial charge in [-0.2, -0.15) is 10.2 Å². The van der Waals surface area contributed by atoms with Crippen molar-refractivity contribution in [2.45, 2.75) is 50.9 Å². The molecule has 0 bridgehead atoms. The van der Waals surface area contributed by atoms with Gasteiger partial charge in [0.2, 0.25) is 0 Å². The number of likely N-dealkylation sites (tertiary alicyclic amines) is 1. The van der Waals surface area contributed by atoms with Gasteiger partial charge in [0.1, 0.15) is 12.0 Å². The van der Waals surface area contributed by atoms with Crippen molar-refractivity contribution in [3.63, 3.8) is 0 Å². The van der Waals surface area contributed by atoms with E-state index in [4.69, 9.17) is 15.1 Å². The molecule has 4 aromatic heterocycles. The van der Waals surface area contributed by atoms with Crippen molar-refractivity contribution in [2.24, 2.45) is 14.1 Å². The summed E-state index contributed by atoms with van der Waals surface area (Å²) in [5.41, 5.74) is 7.77. The van der Waals surface area contributed by atoms with E-state index in [1.165, 1.54) is 5.69 Å². The van der Waals surface area contributed by atoms with E-state index >= 15 is 0 Å². The Morgan fingerprint density at radius 2 is 1.83 bits per heavy atom. The average molecular weight is 619 g/mol. The fraction of sp³-hybridized carbons (Fsp3) is 0.343. The zero-order valence-corrected chi connectivity index (χ0v) is 26.1. The van der Waals surface area contributed by atoms with Gasteiger partial charge in [0, 0.05) is 72.1 Å². The molecule has 6 aromatic rings. The summed E-state index contributed by atoms with van der Waals surface area (Å²) in [5, 5.41) is 22.3. The second-order valence-corrected chi connectivity index (χ2v) is 12.7. The molecule has 10 nitrogen and oxygen atoms in total. The second kappa shape index (κ2) is 10.9. The molecule has 46 heavy (non-hydrogen) atoms. The molecule has 1 saturated carbocycles. The van der Waals surface area contributed by atoms with Crippen molar-refractivity contribution in [3.8, 4) is 22.6 Å². The number of imidazole rings is 1. The maximum Gasteiger partial charge on any atom is 0.253 e. The summed E-state index contributed by atoms with van der Waals surface area (Å²) in [5.74, 6) is 1.14. The molecule has 2 fully saturated rings. The number of carbonyl (C=O) groups is 1. The van der Waals surface area contributed by atoms with Gasteiger partial charge in [0.05, 0.1) is 36.1 Å². The van der Waals surface area contributed by atoms with E-state index < -0.39 is 12.3 Å². The van der Waals surface area contributed by atoms with Gasteiger partial charge in [-0.05, 0) is 56.0 Å². The van der Waals surface area contributed by atoms with Gasteiger partial charge in [-0.15, -0.1) is 0 Å². The predicted octanol–water partition coefficient (Wildman–Crippen LogP) is 5.49. The van der Waals surface area contributed by atoms with Crippen LogP contribution in [-0.2, 0) is 20.6 Å². The predicted molar refractivity (Wildman–Crippen MR) is 173 cm³/mol. The molecule has 2 aliphatic rings. The van der Waals surface area contributed by atoms with Crippen molar-refractivity contribution in [1.29, 1.82) is 0 Å². The minimum atomic E-state index is -0.959. The lowest BCUT2D eigenvalue weighted by molar-refractivity contribution is 0.0782. The minimum absolute atomic E-state index is 0.137. The normalized spacial score (nSPS) is 17.4. The summed E-state index contributed by atoms with van der Waals surface area (Å²) >= 11 is 0. The Kier molecular flexibility index (Phi) is 6.75. The maximum atomic E-state index is 13.6. The fourth-order valence-electron chi connectivity index (χ4n) is 6.77. The Balaban J connectivity index is 1.10. The van der Waals surface area contributed by atoms with Crippen LogP contribution in [0.5, 0.6) is 0 Å². The first-order valence-electron chi connectivity index (χ1n) is 15.8. The molecule has 1 N–H and O–H groups in total. The maximum absolute atomic E-state index is 13.6. The lowest BCUT2D eigenvalue weighted by Crippen LogP contribution is -2.28. The Morgan fingerprint density at radius 1 is 1.02 bits per heavy atom. The smallest absolute Gasteiger partial charge is 0.253 e. The lowest BCUT2D eigenvalue weighted by atomic mass is 10.0. The highest BCUT2D eigenvalue weighted by Gasteiger charge is 2.33. The summed E-state index contributed by atoms with van der Waals surface area (Å²) in [6, 6.07) is 15.1. The van der Waals surface area contributed by atoms with E-state index in [-0.39, 0.29) is 19.0 Å². The number of fused-ring (bicyclic) bond motifs is 2. The third kappa shape index (κ3) is 4.95. The Morgan fingerprint density at radius 3 is 2.57 bits per heavy atom. The van der Waals surface area contributed by atoms with Crippen molar-refractivity contribution < 1.29 is 14.3 Å². The van der Waals surface area contributed by atoms with Crippen LogP contribution in [0.15, 0.2) is 60.9 Å². The van der Waals surface area contributed by atoms with Crippen LogP contribution in [0.4, 0.5) is 4.39 Å². The summed E-state index contributed by atoms with van der Waals surface area (Å²) in [6.07, 6.45) is 4.81. The first-order valence-corrected chi connectivity index (χ1v) is 15.8. The number of amides is 1. The van der Waals surface area contributed by atoms with Crippen molar-refractivity contribution in [3.05, 3.63) is 83.4 Å². The molecule has 1 amide bonds. The fourth-order valence-corrected chi connectivity index (χ4v) is 6.77. The Bertz CT molecular complexity index is 2120. The molecule has 0 radical (unpaired) electrons. The van der Waals surface area contributed by atoms with Gasteiger partial charge >= 0.3 is 0 Å².